The van der Waals surface area contributed by atoms with Crippen LogP contribution in [0.25, 0.3) is 0 Å². The number of ether oxygens (including phenoxy) is 1. The van der Waals surface area contributed by atoms with Gasteiger partial charge in [-0.15, -0.1) is 0 Å². The van der Waals surface area contributed by atoms with Crippen molar-refractivity contribution in [2.75, 3.05) is 13.2 Å². The summed E-state index contributed by atoms with van der Waals surface area (Å²) in [5.41, 5.74) is 5.86. The summed E-state index contributed by atoms with van der Waals surface area (Å²) >= 11 is 0. The van der Waals surface area contributed by atoms with Gasteiger partial charge in [0.1, 0.15) is 12.4 Å². The van der Waals surface area contributed by atoms with E-state index in [2.05, 4.69) is 10.1 Å². The van der Waals surface area contributed by atoms with Crippen LogP contribution in [0.2, 0.25) is 0 Å². The van der Waals surface area contributed by atoms with Crippen molar-refractivity contribution in [3.63, 3.8) is 0 Å². The zero-order valence-electron chi connectivity index (χ0n) is 9.82. The molecule has 94 valence electrons. The van der Waals surface area contributed by atoms with Crippen LogP contribution >= 0.6 is 0 Å². The van der Waals surface area contributed by atoms with E-state index >= 15 is 0 Å². The van der Waals surface area contributed by atoms with Crippen molar-refractivity contribution in [2.24, 2.45) is 5.73 Å². The Kier molecular flexibility index (Phi) is 4.03. The number of nitrogens with zero attached hydrogens (tertiary/aromatic N) is 3. The Bertz CT molecular complexity index is 554. The fourth-order valence-electron chi connectivity index (χ4n) is 1.44. The van der Waals surface area contributed by atoms with Gasteiger partial charge in [-0.25, -0.2) is 4.68 Å². The lowest BCUT2D eigenvalue weighted by molar-refractivity contribution is 0.324. The van der Waals surface area contributed by atoms with E-state index in [-0.39, 0.29) is 5.56 Å². The molecule has 2 heterocycles. The highest BCUT2D eigenvalue weighted by Gasteiger charge is 2.02. The summed E-state index contributed by atoms with van der Waals surface area (Å²) in [6, 6.07) is 6.92. The van der Waals surface area contributed by atoms with Crippen LogP contribution in [-0.2, 0) is 6.54 Å². The van der Waals surface area contributed by atoms with Gasteiger partial charge in [-0.3, -0.25) is 9.78 Å². The maximum Gasteiger partial charge on any atom is 0.270 e. The van der Waals surface area contributed by atoms with Crippen molar-refractivity contribution in [1.82, 2.24) is 14.8 Å². The first-order valence-electron chi connectivity index (χ1n) is 5.59. The van der Waals surface area contributed by atoms with Crippen LogP contribution in [0.5, 0.6) is 5.75 Å². The zero-order chi connectivity index (χ0) is 12.8. The van der Waals surface area contributed by atoms with Crippen LogP contribution in [0, 0.1) is 0 Å². The van der Waals surface area contributed by atoms with Gasteiger partial charge in [0.05, 0.1) is 18.4 Å². The molecule has 2 rings (SSSR count). The minimum Gasteiger partial charge on any atom is -0.490 e. The monoisotopic (exact) mass is 246 g/mol. The lowest BCUT2D eigenvalue weighted by Gasteiger charge is -2.06. The number of hydrogen-bond donors (Lipinski definition) is 1. The molecule has 2 aromatic rings. The number of pyridine rings is 1. The van der Waals surface area contributed by atoms with E-state index in [9.17, 15) is 4.79 Å². The highest BCUT2D eigenvalue weighted by atomic mass is 16.5. The third-order valence-corrected chi connectivity index (χ3v) is 2.27. The summed E-state index contributed by atoms with van der Waals surface area (Å²) in [5.74, 6) is 0.433. The van der Waals surface area contributed by atoms with Gasteiger partial charge in [0.2, 0.25) is 0 Å². The van der Waals surface area contributed by atoms with E-state index in [1.807, 2.05) is 18.2 Å². The Labute approximate surface area is 104 Å². The van der Waals surface area contributed by atoms with Crippen molar-refractivity contribution >= 4 is 0 Å². The third kappa shape index (κ3) is 3.14. The second-order valence-electron chi connectivity index (χ2n) is 3.65. The van der Waals surface area contributed by atoms with Crippen LogP contribution in [-0.4, -0.2) is 27.9 Å². The average Bonchev–Trinajstić information content (AvgIpc) is 2.40. The van der Waals surface area contributed by atoms with Gasteiger partial charge in [0.15, 0.2) is 0 Å². The lowest BCUT2D eigenvalue weighted by atomic mass is 10.3. The molecule has 0 amide bonds. The number of aromatic nitrogens is 3. The topological polar surface area (TPSA) is 83.0 Å². The predicted octanol–water partition coefficient (Wildman–Crippen LogP) is 0.0241. The quantitative estimate of drug-likeness (QED) is 0.804. The maximum absolute atomic E-state index is 11.8. The SMILES string of the molecule is NCCOc1cnn(Cc2ccccn2)c(=O)c1. The summed E-state index contributed by atoms with van der Waals surface area (Å²) in [6.45, 7) is 1.11. The van der Waals surface area contributed by atoms with Crippen LogP contribution in [0.3, 0.4) is 0 Å². The molecule has 0 aliphatic rings. The molecule has 0 saturated heterocycles. The normalized spacial score (nSPS) is 10.3. The third-order valence-electron chi connectivity index (χ3n) is 2.27. The summed E-state index contributed by atoms with van der Waals surface area (Å²) in [5, 5.41) is 4.02. The van der Waals surface area contributed by atoms with Gasteiger partial charge in [-0.2, -0.15) is 5.10 Å². The van der Waals surface area contributed by atoms with Crippen LogP contribution in [0.1, 0.15) is 5.69 Å². The second kappa shape index (κ2) is 5.92. The molecule has 0 aliphatic carbocycles. The van der Waals surface area contributed by atoms with Gasteiger partial charge >= 0.3 is 0 Å². The van der Waals surface area contributed by atoms with E-state index in [1.165, 1.54) is 16.9 Å². The molecule has 0 aromatic carbocycles. The minimum atomic E-state index is -0.227. The van der Waals surface area contributed by atoms with Crippen molar-refractivity contribution in [3.05, 3.63) is 52.7 Å². The first-order valence-corrected chi connectivity index (χ1v) is 5.59. The van der Waals surface area contributed by atoms with Gasteiger partial charge in [0, 0.05) is 18.8 Å². The molecule has 6 nitrogen and oxygen atoms in total. The number of hydrogen-bond acceptors (Lipinski definition) is 5. The Morgan fingerprint density at radius 3 is 2.94 bits per heavy atom. The maximum atomic E-state index is 11.8. The largest absolute Gasteiger partial charge is 0.490 e. The molecule has 6 heteroatoms. The van der Waals surface area contributed by atoms with Gasteiger partial charge in [-0.1, -0.05) is 6.07 Å². The van der Waals surface area contributed by atoms with Crippen LogP contribution in [0.15, 0.2) is 41.5 Å². The lowest BCUT2D eigenvalue weighted by Crippen LogP contribution is -2.23. The van der Waals surface area contributed by atoms with Crippen molar-refractivity contribution in [2.45, 2.75) is 6.54 Å². The summed E-state index contributed by atoms with van der Waals surface area (Å²) < 4.78 is 6.56. The van der Waals surface area contributed by atoms with E-state index in [1.54, 1.807) is 6.20 Å². The van der Waals surface area contributed by atoms with E-state index in [4.69, 9.17) is 10.5 Å². The number of nitrogens with two attached hydrogens (primary N) is 1. The van der Waals surface area contributed by atoms with Crippen LogP contribution in [0.4, 0.5) is 0 Å². The van der Waals surface area contributed by atoms with E-state index < -0.39 is 0 Å². The first kappa shape index (κ1) is 12.3. The molecule has 0 bridgehead atoms. The Morgan fingerprint density at radius 2 is 2.28 bits per heavy atom. The van der Waals surface area contributed by atoms with Gasteiger partial charge in [0.25, 0.3) is 5.56 Å². The minimum absolute atomic E-state index is 0.227. The molecule has 2 N–H and O–H groups in total. The van der Waals surface area contributed by atoms with Crippen molar-refractivity contribution in [3.8, 4) is 5.75 Å². The summed E-state index contributed by atoms with van der Waals surface area (Å²) in [6.07, 6.45) is 3.18. The second-order valence-corrected chi connectivity index (χ2v) is 3.65. The fraction of sp³-hybridized carbons (Fsp3) is 0.250. The highest BCUT2D eigenvalue weighted by Crippen LogP contribution is 2.03. The molecule has 0 unspecified atom stereocenters. The first-order chi connectivity index (χ1) is 8.79. The average molecular weight is 246 g/mol. The molecular formula is C12H14N4O2. The highest BCUT2D eigenvalue weighted by molar-refractivity contribution is 5.14. The molecule has 0 radical (unpaired) electrons. The molecule has 0 atom stereocenters. The fourth-order valence-corrected chi connectivity index (χ4v) is 1.44. The molecule has 0 fully saturated rings. The summed E-state index contributed by atoms with van der Waals surface area (Å²) in [4.78, 5) is 15.9. The Balaban J connectivity index is 2.13. The van der Waals surface area contributed by atoms with E-state index in [0.29, 0.717) is 25.4 Å². The Hall–Kier alpha value is -2.21. The molecule has 0 spiro atoms. The predicted molar refractivity (Wildman–Crippen MR) is 66.4 cm³/mol. The van der Waals surface area contributed by atoms with Crippen molar-refractivity contribution < 1.29 is 4.74 Å². The van der Waals surface area contributed by atoms with E-state index in [0.717, 1.165) is 5.69 Å². The molecule has 0 saturated carbocycles. The molecular weight excluding hydrogens is 232 g/mol. The molecule has 2 aromatic heterocycles. The standard InChI is InChI=1S/C12H14N4O2/c13-4-6-18-11-7-12(17)16(15-8-11)9-10-3-1-2-5-14-10/h1-3,5,7-8H,4,6,9,13H2. The van der Waals surface area contributed by atoms with Crippen molar-refractivity contribution in [1.29, 1.82) is 0 Å². The summed E-state index contributed by atoms with van der Waals surface area (Å²) in [7, 11) is 0. The number of rotatable bonds is 5. The van der Waals surface area contributed by atoms with Gasteiger partial charge < -0.3 is 10.5 Å². The zero-order valence-corrected chi connectivity index (χ0v) is 9.82. The molecule has 18 heavy (non-hydrogen) atoms. The Morgan fingerprint density at radius 1 is 1.39 bits per heavy atom. The van der Waals surface area contributed by atoms with Gasteiger partial charge in [-0.05, 0) is 12.1 Å². The molecule has 0 aliphatic heterocycles. The van der Waals surface area contributed by atoms with Crippen LogP contribution < -0.4 is 16.0 Å². The smallest absolute Gasteiger partial charge is 0.270 e.